The molecule has 0 aliphatic carbocycles. The third-order valence-corrected chi connectivity index (χ3v) is 4.26. The maximum atomic E-state index is 13.0. The van der Waals surface area contributed by atoms with Crippen LogP contribution >= 0.6 is 0 Å². The van der Waals surface area contributed by atoms with Gasteiger partial charge in [-0.1, -0.05) is 18.2 Å². The number of hydrogen-bond acceptors (Lipinski definition) is 3. The summed E-state index contributed by atoms with van der Waals surface area (Å²) >= 11 is 0. The highest BCUT2D eigenvalue weighted by atomic mass is 16.2. The average Bonchev–Trinajstić information content (AvgIpc) is 2.98. The molecule has 130 valence electrons. The van der Waals surface area contributed by atoms with Gasteiger partial charge in [0.1, 0.15) is 11.3 Å². The monoisotopic (exact) mass is 342 g/mol. The number of fused-ring (bicyclic) bond motifs is 1. The van der Waals surface area contributed by atoms with Crippen molar-refractivity contribution in [3.63, 3.8) is 0 Å². The van der Waals surface area contributed by atoms with Crippen LogP contribution in [0.15, 0.2) is 30.3 Å². The minimum atomic E-state index is -3.12. The highest BCUT2D eigenvalue weighted by Gasteiger charge is 2.14. The second kappa shape index (κ2) is 6.59. The van der Waals surface area contributed by atoms with Gasteiger partial charge in [-0.15, -0.1) is 0 Å². The number of anilines is 1. The van der Waals surface area contributed by atoms with Gasteiger partial charge in [0.25, 0.3) is 5.91 Å². The highest BCUT2D eigenvalue weighted by molar-refractivity contribution is 6.01. The molecule has 1 heterocycles. The van der Waals surface area contributed by atoms with E-state index < -0.39 is 19.9 Å². The van der Waals surface area contributed by atoms with Crippen molar-refractivity contribution in [1.29, 1.82) is 0 Å². The van der Waals surface area contributed by atoms with Crippen LogP contribution in [-0.4, -0.2) is 34.7 Å². The second-order valence-electron chi connectivity index (χ2n) is 6.11. The predicted molar refractivity (Wildman–Crippen MR) is 102 cm³/mol. The fourth-order valence-corrected chi connectivity index (χ4v) is 2.94. The van der Waals surface area contributed by atoms with E-state index in [-0.39, 0.29) is 10.5 Å². The summed E-state index contributed by atoms with van der Waals surface area (Å²) in [6.07, 6.45) is 0. The van der Waals surface area contributed by atoms with Crippen molar-refractivity contribution in [1.82, 2.24) is 14.9 Å². The molecule has 0 atom stereocenters. The molecule has 2 aromatic carbocycles. The first kappa shape index (κ1) is 10.9. The Morgan fingerprint density at radius 3 is 2.64 bits per heavy atom. The molecule has 0 fully saturated rings. The van der Waals surface area contributed by atoms with Gasteiger partial charge >= 0.3 is 0 Å². The molecule has 1 amide bonds. The summed E-state index contributed by atoms with van der Waals surface area (Å²) in [7, 11) is 0. The topological polar surface area (TPSA) is 61.0 Å². The van der Waals surface area contributed by atoms with Crippen molar-refractivity contribution in [3.05, 3.63) is 58.4 Å². The van der Waals surface area contributed by atoms with Crippen LogP contribution in [-0.2, 0) is 6.54 Å². The summed E-state index contributed by atoms with van der Waals surface area (Å²) in [6.45, 7) is -0.0149. The van der Waals surface area contributed by atoms with Crippen molar-refractivity contribution >= 4 is 22.6 Å². The number of benzene rings is 2. The van der Waals surface area contributed by atoms with Gasteiger partial charge in [-0.05, 0) is 49.6 Å². The Labute approximate surface area is 156 Å². The van der Waals surface area contributed by atoms with Crippen molar-refractivity contribution in [2.75, 3.05) is 19.3 Å². The minimum absolute atomic E-state index is 0.0420. The molecule has 0 aliphatic rings. The van der Waals surface area contributed by atoms with Gasteiger partial charge < -0.3 is 15.2 Å². The number of carbonyl (C=O) groups is 1. The average molecular weight is 342 g/mol. The number of nitrogens with zero attached hydrogens (tertiary/aromatic N) is 2. The number of aromatic amines is 1. The normalized spacial score (nSPS) is 15.5. The number of aryl methyl sites for hydroxylation is 3. The lowest BCUT2D eigenvalue weighted by atomic mass is 10.0. The fraction of sp³-hybridized carbons (Fsp3) is 0.300. The molecule has 0 aliphatic heterocycles. The molecular weight excluding hydrogens is 312 g/mol. The van der Waals surface area contributed by atoms with Gasteiger partial charge in [0.05, 0.1) is 11.2 Å². The third-order valence-electron chi connectivity index (χ3n) is 4.26. The zero-order chi connectivity index (χ0) is 23.1. The lowest BCUT2D eigenvalue weighted by Crippen LogP contribution is -2.21. The molecule has 3 rings (SSSR count). The van der Waals surface area contributed by atoms with Gasteiger partial charge in [0.2, 0.25) is 0 Å². The standard InChI is InChI=1S/C20H24N4O/c1-12-7-6-8-13(2)16(12)11-21-17-9-15(20(25)24(4)5)10-18-19(17)23-14(3)22-18/h6-10,21H,11H2,1-5H3,(H,22,23)/i4D3,5D3. The summed E-state index contributed by atoms with van der Waals surface area (Å²) in [5.41, 5.74) is 4.82. The smallest absolute Gasteiger partial charge is 0.253 e. The number of rotatable bonds is 4. The van der Waals surface area contributed by atoms with Gasteiger partial charge in [-0.3, -0.25) is 4.79 Å². The summed E-state index contributed by atoms with van der Waals surface area (Å²) in [4.78, 5) is 20.4. The molecule has 5 heteroatoms. The molecule has 5 nitrogen and oxygen atoms in total. The van der Waals surface area contributed by atoms with Crippen molar-refractivity contribution in [3.8, 4) is 0 Å². The number of carbonyl (C=O) groups excluding carboxylic acids is 1. The van der Waals surface area contributed by atoms with Crippen LogP contribution in [0.4, 0.5) is 5.69 Å². The molecule has 0 spiro atoms. The first-order valence-corrected chi connectivity index (χ1v) is 7.93. The summed E-state index contributed by atoms with van der Waals surface area (Å²) in [6, 6.07) is 8.85. The lowest BCUT2D eigenvalue weighted by molar-refractivity contribution is 0.0828. The number of H-pyrrole nitrogens is 1. The predicted octanol–water partition coefficient (Wildman–Crippen LogP) is 3.80. The first-order valence-electron chi connectivity index (χ1n) is 10.9. The SMILES string of the molecule is [2H]C([2H])([2H])N(C(=O)c1cc(NCc2c(C)cccc2C)c2nc(C)[nH]c2c1)C([2H])([2H])[2H]. The molecule has 3 aromatic rings. The highest BCUT2D eigenvalue weighted by Crippen LogP contribution is 2.26. The van der Waals surface area contributed by atoms with Crippen LogP contribution in [0, 0.1) is 20.8 Å². The molecular formula is C20H24N4O. The number of aromatic nitrogens is 2. The van der Waals surface area contributed by atoms with Crippen LogP contribution in [0.5, 0.6) is 0 Å². The van der Waals surface area contributed by atoms with E-state index in [0.717, 1.165) is 16.7 Å². The molecule has 2 N–H and O–H groups in total. The van der Waals surface area contributed by atoms with Crippen LogP contribution in [0.25, 0.3) is 11.0 Å². The van der Waals surface area contributed by atoms with E-state index in [4.69, 9.17) is 8.22 Å². The molecule has 0 radical (unpaired) electrons. The van der Waals surface area contributed by atoms with E-state index >= 15 is 0 Å². The Bertz CT molecular complexity index is 1100. The van der Waals surface area contributed by atoms with E-state index in [2.05, 4.69) is 15.3 Å². The maximum Gasteiger partial charge on any atom is 0.253 e. The van der Waals surface area contributed by atoms with E-state index in [1.165, 1.54) is 12.1 Å². The van der Waals surface area contributed by atoms with E-state index in [0.29, 0.717) is 29.1 Å². The number of amides is 1. The van der Waals surface area contributed by atoms with Crippen molar-refractivity contribution in [2.45, 2.75) is 27.3 Å². The zero-order valence-electron chi connectivity index (χ0n) is 20.4. The maximum absolute atomic E-state index is 13.0. The van der Waals surface area contributed by atoms with Crippen LogP contribution in [0.2, 0.25) is 0 Å². The Kier molecular flexibility index (Phi) is 2.88. The van der Waals surface area contributed by atoms with Gasteiger partial charge in [-0.25, -0.2) is 4.98 Å². The Morgan fingerprint density at radius 1 is 1.24 bits per heavy atom. The minimum Gasteiger partial charge on any atom is -0.379 e. The molecule has 25 heavy (non-hydrogen) atoms. The Hall–Kier alpha value is -2.82. The largest absolute Gasteiger partial charge is 0.379 e. The van der Waals surface area contributed by atoms with Crippen LogP contribution in [0.1, 0.15) is 41.1 Å². The van der Waals surface area contributed by atoms with E-state index in [1.54, 1.807) is 6.92 Å². The molecule has 0 saturated heterocycles. The lowest BCUT2D eigenvalue weighted by Gasteiger charge is -2.15. The van der Waals surface area contributed by atoms with E-state index in [9.17, 15) is 4.79 Å². The summed E-state index contributed by atoms with van der Waals surface area (Å²) in [5.74, 6) is -0.498. The Morgan fingerprint density at radius 2 is 1.96 bits per heavy atom. The van der Waals surface area contributed by atoms with Gasteiger partial charge in [0, 0.05) is 34.3 Å². The fourth-order valence-electron chi connectivity index (χ4n) is 2.94. The Balaban J connectivity index is 2.06. The van der Waals surface area contributed by atoms with Gasteiger partial charge in [0.15, 0.2) is 0 Å². The number of hydrogen-bond donors (Lipinski definition) is 2. The second-order valence-corrected chi connectivity index (χ2v) is 6.11. The van der Waals surface area contributed by atoms with Crippen LogP contribution < -0.4 is 5.32 Å². The van der Waals surface area contributed by atoms with E-state index in [1.807, 2.05) is 32.0 Å². The first-order chi connectivity index (χ1) is 14.3. The van der Waals surface area contributed by atoms with Crippen LogP contribution in [0.3, 0.4) is 0 Å². The number of nitrogens with one attached hydrogen (secondary N) is 2. The van der Waals surface area contributed by atoms with Crippen molar-refractivity contribution < 1.29 is 13.0 Å². The quantitative estimate of drug-likeness (QED) is 0.758. The van der Waals surface area contributed by atoms with Crippen molar-refractivity contribution in [2.24, 2.45) is 0 Å². The summed E-state index contributed by atoms with van der Waals surface area (Å²) in [5, 5.41) is 3.28. The number of imidazole rings is 1. The van der Waals surface area contributed by atoms with Gasteiger partial charge in [-0.2, -0.15) is 0 Å². The molecule has 0 saturated carbocycles. The zero-order valence-corrected chi connectivity index (χ0v) is 14.4. The molecule has 1 aromatic heterocycles. The molecule has 0 unspecified atom stereocenters. The molecule has 0 bridgehead atoms. The third kappa shape index (κ3) is 3.36. The summed E-state index contributed by atoms with van der Waals surface area (Å²) < 4.78 is 45.2.